The second-order valence-corrected chi connectivity index (χ2v) is 10.6. The third kappa shape index (κ3) is 7.81. The van der Waals surface area contributed by atoms with Gasteiger partial charge in [-0.05, 0) is 68.5 Å². The molecule has 0 spiro atoms. The normalized spacial score (nSPS) is 19.4. The van der Waals surface area contributed by atoms with E-state index in [0.29, 0.717) is 13.0 Å². The third-order valence-corrected chi connectivity index (χ3v) is 7.47. The van der Waals surface area contributed by atoms with Crippen LogP contribution in [-0.4, -0.2) is 67.4 Å². The Kier molecular flexibility index (Phi) is 12.4. The Balaban J connectivity index is 0.000000267. The average molecular weight is 543 g/mol. The van der Waals surface area contributed by atoms with E-state index < -0.39 is 12.6 Å². The Hall–Kier alpha value is -2.94. The molecule has 8 heteroatoms. The van der Waals surface area contributed by atoms with Gasteiger partial charge in [-0.15, -0.1) is 0 Å². The summed E-state index contributed by atoms with van der Waals surface area (Å²) in [5.74, 6) is 0.986. The largest absolute Gasteiger partial charge is 0.464 e. The Morgan fingerprint density at radius 3 is 2.05 bits per heavy atom. The van der Waals surface area contributed by atoms with Crippen molar-refractivity contribution in [3.8, 4) is 11.5 Å². The van der Waals surface area contributed by atoms with Crippen LogP contribution in [0.25, 0.3) is 0 Å². The van der Waals surface area contributed by atoms with Gasteiger partial charge in [0.25, 0.3) is 0 Å². The highest BCUT2D eigenvalue weighted by Crippen LogP contribution is 2.47. The summed E-state index contributed by atoms with van der Waals surface area (Å²) in [4.78, 5) is 24.7. The Bertz CT molecular complexity index is 1020. The van der Waals surface area contributed by atoms with E-state index in [9.17, 15) is 9.59 Å². The molecule has 2 aromatic rings. The Morgan fingerprint density at radius 2 is 1.59 bits per heavy atom. The van der Waals surface area contributed by atoms with Gasteiger partial charge in [-0.2, -0.15) is 0 Å². The molecule has 2 aromatic carbocycles. The van der Waals surface area contributed by atoms with Crippen LogP contribution in [0.2, 0.25) is 0 Å². The number of benzene rings is 2. The SMILES string of the molecule is CC(C)(C)C1(c2ccc(Oc3ccccc3)cc2)COC1.CCOC(=O)C1CCC(CC)N1C(=O)CO.CN. The summed E-state index contributed by atoms with van der Waals surface area (Å²) in [5, 5.41) is 8.89. The number of carbonyl (C=O) groups excluding carboxylic acids is 2. The number of aliphatic hydroxyl groups excluding tert-OH is 1. The van der Waals surface area contributed by atoms with Gasteiger partial charge in [0, 0.05) is 11.5 Å². The fraction of sp³-hybridized carbons (Fsp3) is 0.548. The number of likely N-dealkylation sites (tertiary alicyclic amines) is 1. The number of hydrogen-bond acceptors (Lipinski definition) is 7. The van der Waals surface area contributed by atoms with Crippen molar-refractivity contribution >= 4 is 11.9 Å². The van der Waals surface area contributed by atoms with Crippen molar-refractivity contribution in [1.29, 1.82) is 0 Å². The van der Waals surface area contributed by atoms with Gasteiger partial charge < -0.3 is 30.0 Å². The fourth-order valence-corrected chi connectivity index (χ4v) is 5.02. The Morgan fingerprint density at radius 1 is 1.00 bits per heavy atom. The highest BCUT2D eigenvalue weighted by Gasteiger charge is 2.49. The first-order valence-electron chi connectivity index (χ1n) is 13.7. The fourth-order valence-electron chi connectivity index (χ4n) is 5.02. The summed E-state index contributed by atoms with van der Waals surface area (Å²) in [6, 6.07) is 17.8. The van der Waals surface area contributed by atoms with Crippen molar-refractivity contribution in [1.82, 2.24) is 4.90 Å². The summed E-state index contributed by atoms with van der Waals surface area (Å²) in [6.07, 6.45) is 2.22. The zero-order chi connectivity index (χ0) is 29.1. The van der Waals surface area contributed by atoms with Crippen molar-refractivity contribution in [3.63, 3.8) is 0 Å². The standard InChI is InChI=1S/C19H22O2.C11H19NO4.CH5N/c1-18(2,3)19(13-20-14-19)15-9-11-17(12-10-15)21-16-7-5-4-6-8-16;1-3-8-5-6-9(11(15)16-4-2)12(8)10(14)7-13;1-2/h4-12H,13-14H2,1-3H3;8-9,13H,3-7H2,1-2H3;2H2,1H3. The van der Waals surface area contributed by atoms with Gasteiger partial charge in [0.15, 0.2) is 0 Å². The molecule has 2 saturated heterocycles. The lowest BCUT2D eigenvalue weighted by atomic mass is 9.61. The lowest BCUT2D eigenvalue weighted by molar-refractivity contribution is -0.155. The summed E-state index contributed by atoms with van der Waals surface area (Å²) in [6.45, 7) is 11.9. The molecule has 3 N–H and O–H groups in total. The van der Waals surface area contributed by atoms with Crippen LogP contribution in [0.4, 0.5) is 0 Å². The van der Waals surface area contributed by atoms with E-state index in [1.807, 2.05) is 49.4 Å². The van der Waals surface area contributed by atoms with Crippen LogP contribution < -0.4 is 10.5 Å². The molecule has 0 saturated carbocycles. The number of nitrogens with zero attached hydrogens (tertiary/aromatic N) is 1. The molecule has 2 aliphatic rings. The topological polar surface area (TPSA) is 111 Å². The lowest BCUT2D eigenvalue weighted by Gasteiger charge is -2.51. The summed E-state index contributed by atoms with van der Waals surface area (Å²) in [7, 11) is 1.50. The molecule has 8 nitrogen and oxygen atoms in total. The van der Waals surface area contributed by atoms with Gasteiger partial charge in [-0.1, -0.05) is 58.0 Å². The Labute approximate surface area is 233 Å². The number of nitrogens with two attached hydrogens (primary N) is 1. The number of para-hydroxylation sites is 1. The van der Waals surface area contributed by atoms with Gasteiger partial charge >= 0.3 is 5.97 Å². The van der Waals surface area contributed by atoms with Gasteiger partial charge in [0.1, 0.15) is 24.1 Å². The van der Waals surface area contributed by atoms with E-state index in [2.05, 4.69) is 38.6 Å². The zero-order valence-corrected chi connectivity index (χ0v) is 24.3. The van der Waals surface area contributed by atoms with Crippen molar-refractivity contribution in [2.45, 2.75) is 71.4 Å². The minimum Gasteiger partial charge on any atom is -0.464 e. The second-order valence-electron chi connectivity index (χ2n) is 10.6. The summed E-state index contributed by atoms with van der Waals surface area (Å²) < 4.78 is 16.3. The van der Waals surface area contributed by atoms with Crippen LogP contribution in [0, 0.1) is 5.41 Å². The molecule has 2 atom stereocenters. The number of esters is 1. The molecule has 0 bridgehead atoms. The lowest BCUT2D eigenvalue weighted by Crippen LogP contribution is -2.55. The first-order valence-corrected chi connectivity index (χ1v) is 13.7. The highest BCUT2D eigenvalue weighted by molar-refractivity contribution is 5.86. The number of carbonyl (C=O) groups is 2. The number of ether oxygens (including phenoxy) is 3. The van der Waals surface area contributed by atoms with E-state index in [1.54, 1.807) is 6.92 Å². The van der Waals surface area contributed by atoms with E-state index in [-0.39, 0.29) is 28.7 Å². The summed E-state index contributed by atoms with van der Waals surface area (Å²) in [5.41, 5.74) is 6.15. The maximum atomic E-state index is 11.6. The van der Waals surface area contributed by atoms with Gasteiger partial charge in [0.05, 0.1) is 19.8 Å². The molecule has 2 heterocycles. The predicted molar refractivity (Wildman–Crippen MR) is 153 cm³/mol. The van der Waals surface area contributed by atoms with Crippen molar-refractivity contribution in [3.05, 3.63) is 60.2 Å². The van der Waals surface area contributed by atoms with Crippen LogP contribution in [0.1, 0.15) is 59.4 Å². The first-order chi connectivity index (χ1) is 18.7. The summed E-state index contributed by atoms with van der Waals surface area (Å²) >= 11 is 0. The molecule has 2 unspecified atom stereocenters. The molecule has 0 aromatic heterocycles. The van der Waals surface area contributed by atoms with Crippen LogP contribution in [0.15, 0.2) is 54.6 Å². The van der Waals surface area contributed by atoms with Crippen LogP contribution in [-0.2, 0) is 24.5 Å². The maximum absolute atomic E-state index is 11.6. The number of amides is 1. The van der Waals surface area contributed by atoms with Crippen LogP contribution >= 0.6 is 0 Å². The number of hydrogen-bond donors (Lipinski definition) is 2. The zero-order valence-electron chi connectivity index (χ0n) is 24.3. The van der Waals surface area contributed by atoms with E-state index in [1.165, 1.54) is 17.5 Å². The minimum atomic E-state index is -0.549. The third-order valence-electron chi connectivity index (χ3n) is 7.47. The first kappa shape index (κ1) is 32.3. The molecular weight excluding hydrogens is 496 g/mol. The predicted octanol–water partition coefficient (Wildman–Crippen LogP) is 4.68. The molecule has 1 amide bonds. The van der Waals surface area contributed by atoms with Crippen LogP contribution in [0.3, 0.4) is 0 Å². The monoisotopic (exact) mass is 542 g/mol. The quantitative estimate of drug-likeness (QED) is 0.489. The smallest absolute Gasteiger partial charge is 0.328 e. The van der Waals surface area contributed by atoms with Crippen molar-refractivity contribution in [2.24, 2.45) is 11.1 Å². The molecule has 2 aliphatic heterocycles. The molecule has 0 aliphatic carbocycles. The molecule has 39 heavy (non-hydrogen) atoms. The number of rotatable bonds is 7. The van der Waals surface area contributed by atoms with Gasteiger partial charge in [-0.25, -0.2) is 4.79 Å². The molecule has 2 fully saturated rings. The van der Waals surface area contributed by atoms with Gasteiger partial charge in [-0.3, -0.25) is 4.79 Å². The van der Waals surface area contributed by atoms with E-state index in [4.69, 9.17) is 19.3 Å². The van der Waals surface area contributed by atoms with E-state index in [0.717, 1.165) is 37.6 Å². The number of aliphatic hydroxyl groups is 1. The second kappa shape index (κ2) is 15.0. The van der Waals surface area contributed by atoms with E-state index >= 15 is 0 Å². The van der Waals surface area contributed by atoms with Crippen molar-refractivity contribution < 1.29 is 28.9 Å². The average Bonchev–Trinajstić information content (AvgIpc) is 3.34. The molecule has 0 radical (unpaired) electrons. The van der Waals surface area contributed by atoms with Gasteiger partial charge in [0.2, 0.25) is 5.91 Å². The van der Waals surface area contributed by atoms with Crippen LogP contribution in [0.5, 0.6) is 11.5 Å². The highest BCUT2D eigenvalue weighted by atomic mass is 16.5. The molecule has 216 valence electrons. The minimum absolute atomic E-state index is 0.0501. The maximum Gasteiger partial charge on any atom is 0.328 e. The molecular formula is C31H46N2O6. The molecule has 4 rings (SSSR count). The van der Waals surface area contributed by atoms with Crippen molar-refractivity contribution in [2.75, 3.05) is 33.5 Å².